The van der Waals surface area contributed by atoms with Crippen molar-refractivity contribution in [1.82, 2.24) is 14.4 Å². The highest BCUT2D eigenvalue weighted by atomic mass is 16.3. The van der Waals surface area contributed by atoms with Crippen LogP contribution >= 0.6 is 0 Å². The molecule has 0 bridgehead atoms. The summed E-state index contributed by atoms with van der Waals surface area (Å²) in [5.41, 5.74) is 2.20. The van der Waals surface area contributed by atoms with Crippen LogP contribution in [0.4, 0.5) is 0 Å². The van der Waals surface area contributed by atoms with Gasteiger partial charge in [0.05, 0.1) is 6.42 Å². The van der Waals surface area contributed by atoms with Crippen LogP contribution in [0, 0.1) is 0 Å². The quantitative estimate of drug-likeness (QED) is 0.905. The molecule has 1 N–H and O–H groups in total. The number of carbonyl (C=O) groups is 2. The van der Waals surface area contributed by atoms with Crippen molar-refractivity contribution in [3.8, 4) is 0 Å². The van der Waals surface area contributed by atoms with Crippen LogP contribution in [0.25, 0.3) is 10.9 Å². The van der Waals surface area contributed by atoms with Crippen molar-refractivity contribution in [2.45, 2.75) is 19.9 Å². The second kappa shape index (κ2) is 7.05. The number of aliphatic hydroxyl groups is 1. The van der Waals surface area contributed by atoms with Crippen molar-refractivity contribution in [2.24, 2.45) is 0 Å². The molecule has 3 rings (SSSR count). The standard InChI is InChI=1S/C18H23N3O3/c1-2-19-12-14(15-5-3-4-6-16(15)19)11-17(23)20-7-9-21(10-8-20)18(24)13-22/h3-6,12,22H,2,7-11,13H2,1H3. The number of aliphatic hydroxyl groups excluding tert-OH is 1. The fraction of sp³-hybridized carbons (Fsp3) is 0.444. The maximum atomic E-state index is 12.6. The average molecular weight is 329 g/mol. The Balaban J connectivity index is 1.69. The van der Waals surface area contributed by atoms with E-state index in [9.17, 15) is 9.59 Å². The lowest BCUT2D eigenvalue weighted by Crippen LogP contribution is -2.51. The Hall–Kier alpha value is -2.34. The number of para-hydroxylation sites is 1. The molecule has 1 aliphatic heterocycles. The number of hydrogen-bond donors (Lipinski definition) is 1. The summed E-state index contributed by atoms with van der Waals surface area (Å²) in [6, 6.07) is 8.14. The number of fused-ring (bicyclic) bond motifs is 1. The minimum Gasteiger partial charge on any atom is -0.387 e. The fourth-order valence-electron chi connectivity index (χ4n) is 3.31. The number of carbonyl (C=O) groups excluding carboxylic acids is 2. The van der Waals surface area contributed by atoms with Crippen molar-refractivity contribution in [1.29, 1.82) is 0 Å². The molecule has 0 unspecified atom stereocenters. The normalized spacial score (nSPS) is 15.1. The summed E-state index contributed by atoms with van der Waals surface area (Å²) in [5.74, 6) is -0.182. The van der Waals surface area contributed by atoms with Crippen LogP contribution in [0.5, 0.6) is 0 Å². The van der Waals surface area contributed by atoms with Crippen LogP contribution in [-0.2, 0) is 22.6 Å². The third-order valence-electron chi connectivity index (χ3n) is 4.67. The Morgan fingerprint density at radius 1 is 1.04 bits per heavy atom. The summed E-state index contributed by atoms with van der Waals surface area (Å²) in [4.78, 5) is 27.5. The topological polar surface area (TPSA) is 65.8 Å². The first-order valence-electron chi connectivity index (χ1n) is 8.37. The Morgan fingerprint density at radius 3 is 2.29 bits per heavy atom. The highest BCUT2D eigenvalue weighted by Crippen LogP contribution is 2.22. The summed E-state index contributed by atoms with van der Waals surface area (Å²) in [7, 11) is 0. The Labute approximate surface area is 141 Å². The molecule has 0 radical (unpaired) electrons. The minimum absolute atomic E-state index is 0.0881. The van der Waals surface area contributed by atoms with Crippen LogP contribution in [0.3, 0.4) is 0 Å². The molecule has 0 saturated carbocycles. The van der Waals surface area contributed by atoms with Gasteiger partial charge < -0.3 is 19.5 Å². The van der Waals surface area contributed by atoms with E-state index < -0.39 is 6.61 Å². The van der Waals surface area contributed by atoms with E-state index >= 15 is 0 Å². The van der Waals surface area contributed by atoms with Gasteiger partial charge in [0.15, 0.2) is 0 Å². The summed E-state index contributed by atoms with van der Waals surface area (Å²) in [5, 5.41) is 10.0. The molecular formula is C18H23N3O3. The largest absolute Gasteiger partial charge is 0.387 e. The monoisotopic (exact) mass is 329 g/mol. The van der Waals surface area contributed by atoms with Crippen molar-refractivity contribution in [3.63, 3.8) is 0 Å². The molecule has 2 heterocycles. The molecule has 2 amide bonds. The van der Waals surface area contributed by atoms with Gasteiger partial charge in [0.1, 0.15) is 6.61 Å². The smallest absolute Gasteiger partial charge is 0.248 e. The Bertz CT molecular complexity index is 745. The van der Waals surface area contributed by atoms with Gasteiger partial charge in [0.2, 0.25) is 11.8 Å². The summed E-state index contributed by atoms with van der Waals surface area (Å²) < 4.78 is 2.16. The zero-order valence-electron chi connectivity index (χ0n) is 13.9. The maximum Gasteiger partial charge on any atom is 0.248 e. The molecule has 1 aromatic heterocycles. The van der Waals surface area contributed by atoms with Gasteiger partial charge in [-0.2, -0.15) is 0 Å². The molecule has 1 fully saturated rings. The molecule has 128 valence electrons. The van der Waals surface area contributed by atoms with Crippen molar-refractivity contribution in [2.75, 3.05) is 32.8 Å². The van der Waals surface area contributed by atoms with Gasteiger partial charge >= 0.3 is 0 Å². The first-order valence-corrected chi connectivity index (χ1v) is 8.37. The fourth-order valence-corrected chi connectivity index (χ4v) is 3.31. The summed E-state index contributed by atoms with van der Waals surface area (Å²) in [6.07, 6.45) is 2.44. The van der Waals surface area contributed by atoms with Crippen molar-refractivity contribution < 1.29 is 14.7 Å². The minimum atomic E-state index is -0.468. The molecule has 24 heavy (non-hydrogen) atoms. The lowest BCUT2D eigenvalue weighted by atomic mass is 10.1. The van der Waals surface area contributed by atoms with E-state index in [1.807, 2.05) is 12.1 Å². The van der Waals surface area contributed by atoms with E-state index in [2.05, 4.69) is 29.8 Å². The lowest BCUT2D eigenvalue weighted by molar-refractivity contribution is -0.140. The summed E-state index contributed by atoms with van der Waals surface area (Å²) in [6.45, 7) is 4.52. The van der Waals surface area contributed by atoms with Gasteiger partial charge in [-0.05, 0) is 18.6 Å². The third-order valence-corrected chi connectivity index (χ3v) is 4.67. The molecule has 1 aliphatic rings. The third kappa shape index (κ3) is 3.14. The molecule has 0 spiro atoms. The predicted molar refractivity (Wildman–Crippen MR) is 91.6 cm³/mol. The number of hydrogen-bond acceptors (Lipinski definition) is 3. The number of rotatable bonds is 4. The second-order valence-electron chi connectivity index (χ2n) is 6.05. The predicted octanol–water partition coefficient (Wildman–Crippen LogP) is 0.867. The second-order valence-corrected chi connectivity index (χ2v) is 6.05. The number of nitrogens with zero attached hydrogens (tertiary/aromatic N) is 3. The van der Waals surface area contributed by atoms with Gasteiger partial charge in [0, 0.05) is 49.8 Å². The molecule has 2 aromatic rings. The van der Waals surface area contributed by atoms with Crippen molar-refractivity contribution >= 4 is 22.7 Å². The van der Waals surface area contributed by atoms with Gasteiger partial charge in [0.25, 0.3) is 0 Å². The Morgan fingerprint density at radius 2 is 1.67 bits per heavy atom. The van der Waals surface area contributed by atoms with Gasteiger partial charge in [-0.3, -0.25) is 9.59 Å². The maximum absolute atomic E-state index is 12.6. The molecule has 1 saturated heterocycles. The molecule has 6 nitrogen and oxygen atoms in total. The van der Waals surface area contributed by atoms with E-state index in [4.69, 9.17) is 5.11 Å². The average Bonchev–Trinajstić information content (AvgIpc) is 2.99. The van der Waals surface area contributed by atoms with Crippen LogP contribution in [0.2, 0.25) is 0 Å². The number of piperazine rings is 1. The zero-order valence-corrected chi connectivity index (χ0v) is 13.9. The highest BCUT2D eigenvalue weighted by Gasteiger charge is 2.24. The number of aryl methyl sites for hydroxylation is 1. The molecule has 6 heteroatoms. The van der Waals surface area contributed by atoms with E-state index in [0.717, 1.165) is 23.0 Å². The Kier molecular flexibility index (Phi) is 4.85. The van der Waals surface area contributed by atoms with Crippen LogP contribution in [0.15, 0.2) is 30.5 Å². The van der Waals surface area contributed by atoms with E-state index in [1.54, 1.807) is 9.80 Å². The van der Waals surface area contributed by atoms with E-state index in [-0.39, 0.29) is 11.8 Å². The number of amides is 2. The van der Waals surface area contributed by atoms with Gasteiger partial charge in [-0.1, -0.05) is 18.2 Å². The molecule has 0 aliphatic carbocycles. The van der Waals surface area contributed by atoms with E-state index in [1.165, 1.54) is 0 Å². The van der Waals surface area contributed by atoms with Crippen LogP contribution < -0.4 is 0 Å². The number of benzene rings is 1. The molecular weight excluding hydrogens is 306 g/mol. The molecule has 0 atom stereocenters. The first kappa shape index (κ1) is 16.5. The van der Waals surface area contributed by atoms with Crippen LogP contribution in [-0.4, -0.2) is 64.1 Å². The van der Waals surface area contributed by atoms with Gasteiger partial charge in [-0.15, -0.1) is 0 Å². The van der Waals surface area contributed by atoms with Crippen LogP contribution in [0.1, 0.15) is 12.5 Å². The molecule has 1 aromatic carbocycles. The highest BCUT2D eigenvalue weighted by molar-refractivity contribution is 5.89. The zero-order chi connectivity index (χ0) is 17.1. The van der Waals surface area contributed by atoms with E-state index in [0.29, 0.717) is 32.6 Å². The summed E-state index contributed by atoms with van der Waals surface area (Å²) >= 11 is 0. The van der Waals surface area contributed by atoms with Gasteiger partial charge in [-0.25, -0.2) is 0 Å². The van der Waals surface area contributed by atoms with Crippen molar-refractivity contribution in [3.05, 3.63) is 36.0 Å². The first-order chi connectivity index (χ1) is 11.6. The lowest BCUT2D eigenvalue weighted by Gasteiger charge is -2.34. The number of aromatic nitrogens is 1. The SMILES string of the molecule is CCn1cc(CC(=O)N2CCN(C(=O)CO)CC2)c2ccccc21.